The van der Waals surface area contributed by atoms with Crippen LogP contribution in [0.5, 0.6) is 0 Å². The number of nitrogens with zero attached hydrogens (tertiary/aromatic N) is 11. The molecule has 0 radical (unpaired) electrons. The van der Waals surface area contributed by atoms with Gasteiger partial charge in [-0.25, -0.2) is 14.6 Å². The van der Waals surface area contributed by atoms with Crippen molar-refractivity contribution in [2.45, 2.75) is 135 Å². The maximum absolute atomic E-state index is 12.1. The predicted octanol–water partition coefficient (Wildman–Crippen LogP) is 11.1. The molecule has 1 saturated carbocycles. The molecule has 3 N–H and O–H groups in total. The first-order valence-electron chi connectivity index (χ1n) is 28.1. The number of carbonyl (C=O) groups is 2. The fourth-order valence-electron chi connectivity index (χ4n) is 8.52. The molecule has 1 aliphatic carbocycles. The number of aromatic nitrogens is 9. The van der Waals surface area contributed by atoms with Crippen LogP contribution in [0.25, 0.3) is 27.9 Å². The van der Waals surface area contributed by atoms with Crippen molar-refractivity contribution in [1.29, 1.82) is 5.26 Å². The average Bonchev–Trinajstić information content (AvgIpc) is 1.62. The van der Waals surface area contributed by atoms with Crippen LogP contribution in [0.2, 0.25) is 0 Å². The van der Waals surface area contributed by atoms with E-state index in [4.69, 9.17) is 18.8 Å². The maximum atomic E-state index is 12.1. The highest BCUT2D eigenvalue weighted by molar-refractivity contribution is 9.10. The van der Waals surface area contributed by atoms with Crippen LogP contribution in [0, 0.1) is 31.6 Å². The first-order valence-corrected chi connectivity index (χ1v) is 34.0. The van der Waals surface area contributed by atoms with Crippen molar-refractivity contribution < 1.29 is 50.8 Å². The molecule has 27 nitrogen and oxygen atoms in total. The van der Waals surface area contributed by atoms with Crippen molar-refractivity contribution >= 4 is 107 Å². The molecule has 2 fully saturated rings. The number of nitriles is 1. The molecule has 0 amide bonds. The predicted molar refractivity (Wildman–Crippen MR) is 358 cm³/mol. The van der Waals surface area contributed by atoms with Gasteiger partial charge < -0.3 is 29.4 Å². The van der Waals surface area contributed by atoms with Crippen LogP contribution in [-0.4, -0.2) is 133 Å². The van der Waals surface area contributed by atoms with Gasteiger partial charge in [0.1, 0.15) is 34.5 Å². The molecule has 0 spiro atoms. The summed E-state index contributed by atoms with van der Waals surface area (Å²) in [5.74, 6) is 2.31. The number of ether oxygens (including phenoxy) is 2. The number of aromatic amines is 1. The minimum Gasteiger partial charge on any atom is -0.442 e. The number of benzene rings is 3. The Morgan fingerprint density at radius 3 is 1.80 bits per heavy atom. The fourth-order valence-corrected chi connectivity index (χ4v) is 11.1. The Morgan fingerprint density at radius 2 is 1.27 bits per heavy atom. The number of nitro groups is 2. The van der Waals surface area contributed by atoms with Gasteiger partial charge in [0.15, 0.2) is 5.65 Å². The lowest BCUT2D eigenvalue weighted by molar-refractivity contribution is -0.385. The number of fused-ring (bicyclic) bond motifs is 1. The van der Waals surface area contributed by atoms with E-state index in [1.165, 1.54) is 49.1 Å². The van der Waals surface area contributed by atoms with E-state index in [-0.39, 0.29) is 24.6 Å². The average molecular weight is 1390 g/mol. The second kappa shape index (κ2) is 30.4. The molecular formula is C60H74BBrN14O13S3. The van der Waals surface area contributed by atoms with Crippen LogP contribution in [-0.2, 0) is 68.4 Å². The number of nitro benzene ring substituents is 2. The van der Waals surface area contributed by atoms with E-state index in [0.29, 0.717) is 62.3 Å². The molecule has 1 aliphatic heterocycles. The molecule has 490 valence electrons. The molecule has 1 saturated heterocycles. The van der Waals surface area contributed by atoms with Crippen molar-refractivity contribution in [2.75, 3.05) is 29.4 Å². The summed E-state index contributed by atoms with van der Waals surface area (Å²) in [6.07, 6.45) is 17.0. The molecule has 10 rings (SSSR count). The second-order valence-electron chi connectivity index (χ2n) is 24.1. The molecular weight excluding hydrogens is 1310 g/mol. The minimum atomic E-state index is -1.18. The zero-order chi connectivity index (χ0) is 66.9. The highest BCUT2D eigenvalue weighted by Crippen LogP contribution is 2.37. The molecule has 6 heterocycles. The maximum Gasteiger partial charge on any atom is 0.498 e. The van der Waals surface area contributed by atoms with E-state index >= 15 is 0 Å². The van der Waals surface area contributed by atoms with Crippen molar-refractivity contribution in [1.82, 2.24) is 44.4 Å². The summed E-state index contributed by atoms with van der Waals surface area (Å²) in [5.41, 5.74) is 5.66. The summed E-state index contributed by atoms with van der Waals surface area (Å²) in [7, 11) is -3.71. The van der Waals surface area contributed by atoms with E-state index in [1.54, 1.807) is 68.5 Å². The highest BCUT2D eigenvalue weighted by atomic mass is 79.9. The second-order valence-corrected chi connectivity index (χ2v) is 29.2. The lowest BCUT2D eigenvalue weighted by Gasteiger charge is -2.32. The van der Waals surface area contributed by atoms with Gasteiger partial charge in [0.2, 0.25) is 0 Å². The number of nitrogens with one attached hydrogen (secondary N) is 3. The lowest BCUT2D eigenvalue weighted by Crippen LogP contribution is -2.41. The molecule has 0 bridgehead atoms. The van der Waals surface area contributed by atoms with Gasteiger partial charge in [0, 0.05) is 156 Å². The summed E-state index contributed by atoms with van der Waals surface area (Å²) < 4.78 is 61.5. The van der Waals surface area contributed by atoms with Crippen LogP contribution in [0.4, 0.5) is 38.3 Å². The van der Waals surface area contributed by atoms with Gasteiger partial charge in [0.05, 0.1) is 39.6 Å². The number of rotatable bonds is 15. The molecule has 92 heavy (non-hydrogen) atoms. The van der Waals surface area contributed by atoms with Crippen LogP contribution < -0.4 is 16.1 Å². The normalized spacial score (nSPS) is 14.9. The van der Waals surface area contributed by atoms with E-state index in [1.807, 2.05) is 78.9 Å². The van der Waals surface area contributed by atoms with Crippen molar-refractivity contribution in [3.8, 4) is 28.3 Å². The molecule has 32 heteroatoms. The Morgan fingerprint density at radius 1 is 0.750 bits per heavy atom. The van der Waals surface area contributed by atoms with E-state index in [0.717, 1.165) is 54.9 Å². The quantitative estimate of drug-likeness (QED) is 0.0487. The van der Waals surface area contributed by atoms with E-state index in [9.17, 15) is 47.7 Å². The molecule has 5 aromatic heterocycles. The van der Waals surface area contributed by atoms with E-state index in [2.05, 4.69) is 63.1 Å². The van der Waals surface area contributed by atoms with Gasteiger partial charge in [-0.3, -0.25) is 38.0 Å². The molecule has 2 aliphatic rings. The molecule has 3 atom stereocenters. The summed E-state index contributed by atoms with van der Waals surface area (Å²) in [6.45, 7) is 18.6. The molecule has 3 aromatic carbocycles. The first-order chi connectivity index (χ1) is 42.6. The lowest BCUT2D eigenvalue weighted by atomic mass is 9.82. The van der Waals surface area contributed by atoms with Gasteiger partial charge in [-0.05, 0) is 134 Å². The minimum absolute atomic E-state index is 0. The monoisotopic (exact) mass is 1380 g/mol. The van der Waals surface area contributed by atoms with Gasteiger partial charge >= 0.3 is 19.3 Å². The Balaban J connectivity index is 0.000000201. The Bertz CT molecular complexity index is 4080. The topological polar surface area (TPSA) is 351 Å². The van der Waals surface area contributed by atoms with Crippen LogP contribution in [0.1, 0.15) is 112 Å². The zero-order valence-electron chi connectivity index (χ0n) is 52.3. The van der Waals surface area contributed by atoms with Crippen LogP contribution in [0.3, 0.4) is 0 Å². The zero-order valence-corrected chi connectivity index (χ0v) is 56.4. The first kappa shape index (κ1) is 72.7. The summed E-state index contributed by atoms with van der Waals surface area (Å²) in [6, 6.07) is 19.1. The van der Waals surface area contributed by atoms with Gasteiger partial charge in [-0.15, -0.1) is 0 Å². The number of anilines is 3. The Hall–Kier alpha value is -8.35. The van der Waals surface area contributed by atoms with Gasteiger partial charge in [-0.2, -0.15) is 39.5 Å². The number of halogens is 1. The van der Waals surface area contributed by atoms with Crippen molar-refractivity contribution in [3.05, 3.63) is 151 Å². The SMILES string of the molecule is C.CC(C)(C)OC(=O)n1cc(B2OC(C)(C)C(C)(C)O2)cn1.CS(=O)Cc1cc(Nc2cc(NC3CC3)n3ncc(C#N)c3n2)ccc1-c1cn[nH]c1.CS(=O)Cc1cc([N+](=O)[O-])ccc1-c1cnn(C(=O)OC(C)(C)C)c1.CS(=O)Cc1cc([N+](=O)[O-])ccc1Br. The third kappa shape index (κ3) is 20.1. The standard InChI is InChI=1S/C21H20N8OS.C16H19N3O5S.C14H23BN2O4.C8H8BrNO3S.CH4/c1-31(30)12-13-6-17(4-5-18(13)15-9-23-24-10-15)26-19-7-20(27-16-2-3-16)29-21(28-19)14(8-22)11-25-29;1-16(2,3)24-15(20)18-9-12(8-17-18)14-6-5-13(19(21)22)7-11(14)10-25(4)23;1-12(2,3)19-11(18)17-9-10(8-16-17)15-20-13(4,5)14(6,7)21-15;1-14(13)5-6-4-7(10(11)12)2-3-8(6)9;/h4-7,9-11,16,27H,2-3,12H2,1H3,(H,23,24)(H,26,28);5-9H,10H2,1-4H3;8-9H,1-7H3;2-4H,5H2,1H3;1H4. The fraction of sp³-hybridized carbons (Fsp3) is 0.400. The number of carbonyl (C=O) groups excluding carboxylic acids is 2. The number of non-ortho nitro benzene ring substituents is 2. The largest absolute Gasteiger partial charge is 0.498 e. The van der Waals surface area contributed by atoms with E-state index < -0.39 is 84.0 Å². The van der Waals surface area contributed by atoms with Crippen LogP contribution in [0.15, 0.2) is 109 Å². The third-order valence-corrected chi connectivity index (χ3v) is 16.4. The highest BCUT2D eigenvalue weighted by Gasteiger charge is 2.52. The van der Waals surface area contributed by atoms with Crippen molar-refractivity contribution in [3.63, 3.8) is 0 Å². The van der Waals surface area contributed by atoms with Crippen LogP contribution >= 0.6 is 15.9 Å². The van der Waals surface area contributed by atoms with Gasteiger partial charge in [-0.1, -0.05) is 29.4 Å². The van der Waals surface area contributed by atoms with Gasteiger partial charge in [0.25, 0.3) is 11.4 Å². The Labute approximate surface area is 548 Å². The third-order valence-electron chi connectivity index (χ3n) is 13.5. The number of hydrogen-bond donors (Lipinski definition) is 3. The summed E-state index contributed by atoms with van der Waals surface area (Å²) >= 11 is 3.25. The van der Waals surface area contributed by atoms with Crippen molar-refractivity contribution in [2.24, 2.45) is 0 Å². The number of hydrogen-bond acceptors (Lipinski definition) is 21. The number of H-pyrrole nitrogens is 1. The summed E-state index contributed by atoms with van der Waals surface area (Å²) in [4.78, 5) is 49.1. The molecule has 3 unspecified atom stereocenters. The smallest absolute Gasteiger partial charge is 0.442 e. The molecule has 8 aromatic rings. The summed E-state index contributed by atoms with van der Waals surface area (Å²) in [5, 5.41) is 56.8. The Kier molecular flexibility index (Phi) is 24.0.